The molecule has 0 N–H and O–H groups in total. The molecule has 0 aliphatic carbocycles. The van der Waals surface area contributed by atoms with Crippen LogP contribution in [0.15, 0.2) is 48.5 Å². The third-order valence-corrected chi connectivity index (χ3v) is 3.75. The highest BCUT2D eigenvalue weighted by molar-refractivity contribution is 6.30. The van der Waals surface area contributed by atoms with Crippen molar-refractivity contribution in [2.45, 2.75) is 19.8 Å². The van der Waals surface area contributed by atoms with Crippen LogP contribution in [-0.4, -0.2) is 19.5 Å². The molecule has 2 aromatic carbocycles. The molecule has 0 amide bonds. The average molecular weight is 345 g/mol. The molecule has 0 saturated carbocycles. The van der Waals surface area contributed by atoms with Gasteiger partial charge in [0.05, 0.1) is 13.7 Å². The lowest BCUT2D eigenvalue weighted by Crippen LogP contribution is -1.99. The number of benzene rings is 2. The normalized spacial score (nSPS) is 10.8. The van der Waals surface area contributed by atoms with Gasteiger partial charge in [0.25, 0.3) is 0 Å². The topological polar surface area (TPSA) is 35.5 Å². The zero-order valence-corrected chi connectivity index (χ0v) is 14.7. The van der Waals surface area contributed by atoms with Crippen molar-refractivity contribution in [3.8, 4) is 11.5 Å². The van der Waals surface area contributed by atoms with Gasteiger partial charge in [-0.1, -0.05) is 37.1 Å². The summed E-state index contributed by atoms with van der Waals surface area (Å²) in [5.41, 5.74) is 1.47. The molecule has 0 heterocycles. The summed E-state index contributed by atoms with van der Waals surface area (Å²) in [6, 6.07) is 12.4. The molecule has 4 heteroatoms. The first-order chi connectivity index (χ1) is 11.6. The van der Waals surface area contributed by atoms with Crippen molar-refractivity contribution in [2.75, 3.05) is 13.7 Å². The van der Waals surface area contributed by atoms with E-state index in [1.807, 2.05) is 18.2 Å². The van der Waals surface area contributed by atoms with Crippen LogP contribution in [-0.2, 0) is 0 Å². The van der Waals surface area contributed by atoms with Crippen LogP contribution in [0.5, 0.6) is 11.5 Å². The second-order valence-electron chi connectivity index (χ2n) is 5.32. The number of allylic oxidation sites excluding steroid dienone is 1. The number of hydrogen-bond donors (Lipinski definition) is 0. The molecule has 3 nitrogen and oxygen atoms in total. The molecular weight excluding hydrogens is 324 g/mol. The highest BCUT2D eigenvalue weighted by Gasteiger charge is 2.05. The molecule has 0 bridgehead atoms. The van der Waals surface area contributed by atoms with Crippen molar-refractivity contribution in [2.24, 2.45) is 0 Å². The Morgan fingerprint density at radius 1 is 1.12 bits per heavy atom. The van der Waals surface area contributed by atoms with Gasteiger partial charge in [-0.05, 0) is 54.5 Å². The summed E-state index contributed by atoms with van der Waals surface area (Å²) in [4.78, 5) is 12.1. The maximum Gasteiger partial charge on any atom is 0.185 e. The summed E-state index contributed by atoms with van der Waals surface area (Å²) in [6.07, 6.45) is 5.38. The van der Waals surface area contributed by atoms with Crippen LogP contribution in [0, 0.1) is 0 Å². The Labute approximate surface area is 147 Å². The van der Waals surface area contributed by atoms with Crippen molar-refractivity contribution in [3.63, 3.8) is 0 Å². The minimum Gasteiger partial charge on any atom is -0.493 e. The summed E-state index contributed by atoms with van der Waals surface area (Å²) < 4.78 is 11.1. The fraction of sp³-hybridized carbons (Fsp3) is 0.250. The molecule has 0 saturated heterocycles. The third-order valence-electron chi connectivity index (χ3n) is 3.50. The van der Waals surface area contributed by atoms with E-state index in [0.29, 0.717) is 28.7 Å². The van der Waals surface area contributed by atoms with Crippen LogP contribution in [0.3, 0.4) is 0 Å². The lowest BCUT2D eigenvalue weighted by molar-refractivity contribution is 0.104. The minimum absolute atomic E-state index is 0.0751. The van der Waals surface area contributed by atoms with Gasteiger partial charge in [-0.15, -0.1) is 0 Å². The van der Waals surface area contributed by atoms with Crippen LogP contribution in [0.25, 0.3) is 6.08 Å². The highest BCUT2D eigenvalue weighted by Crippen LogP contribution is 2.28. The monoisotopic (exact) mass is 344 g/mol. The summed E-state index contributed by atoms with van der Waals surface area (Å²) in [5, 5.41) is 0.610. The number of unbranched alkanes of at least 4 members (excludes halogenated alkanes) is 1. The van der Waals surface area contributed by atoms with Gasteiger partial charge in [0.2, 0.25) is 0 Å². The summed E-state index contributed by atoms with van der Waals surface area (Å²) in [7, 11) is 1.61. The standard InChI is InChI=1S/C20H21ClO3/c1-3-4-13-24-19-12-6-15(14-20(19)23-2)5-11-18(22)16-7-9-17(21)10-8-16/h5-12,14H,3-4,13H2,1-2H3/b11-5+. The molecule has 126 valence electrons. The zero-order chi connectivity index (χ0) is 17.4. The van der Waals surface area contributed by atoms with Crippen LogP contribution in [0.1, 0.15) is 35.7 Å². The molecule has 0 radical (unpaired) electrons. The van der Waals surface area contributed by atoms with Gasteiger partial charge in [-0.25, -0.2) is 0 Å². The minimum atomic E-state index is -0.0751. The molecule has 0 unspecified atom stereocenters. The number of methoxy groups -OCH3 is 1. The van der Waals surface area contributed by atoms with E-state index in [-0.39, 0.29) is 5.78 Å². The van der Waals surface area contributed by atoms with Crippen molar-refractivity contribution in [1.82, 2.24) is 0 Å². The predicted octanol–water partition coefficient (Wildman–Crippen LogP) is 5.42. The average Bonchev–Trinajstić information content (AvgIpc) is 2.61. The largest absolute Gasteiger partial charge is 0.493 e. The van der Waals surface area contributed by atoms with Crippen molar-refractivity contribution in [1.29, 1.82) is 0 Å². The quantitative estimate of drug-likeness (QED) is 0.364. The van der Waals surface area contributed by atoms with Gasteiger partial charge in [0.15, 0.2) is 17.3 Å². The first-order valence-electron chi connectivity index (χ1n) is 7.93. The summed E-state index contributed by atoms with van der Waals surface area (Å²) in [5.74, 6) is 1.30. The Hall–Kier alpha value is -2.26. The van der Waals surface area contributed by atoms with Crippen LogP contribution in [0.2, 0.25) is 5.02 Å². The van der Waals surface area contributed by atoms with E-state index in [0.717, 1.165) is 18.4 Å². The number of ether oxygens (including phenoxy) is 2. The molecule has 0 aliphatic heterocycles. The number of rotatable bonds is 8. The SMILES string of the molecule is CCCCOc1ccc(/C=C/C(=O)c2ccc(Cl)cc2)cc1OC. The zero-order valence-electron chi connectivity index (χ0n) is 13.9. The van der Waals surface area contributed by atoms with Crippen LogP contribution >= 0.6 is 11.6 Å². The van der Waals surface area contributed by atoms with Crippen molar-refractivity contribution < 1.29 is 14.3 Å². The highest BCUT2D eigenvalue weighted by atomic mass is 35.5. The molecule has 0 atom stereocenters. The molecule has 0 aliphatic rings. The summed E-state index contributed by atoms with van der Waals surface area (Å²) >= 11 is 5.83. The Bertz CT molecular complexity index is 705. The van der Waals surface area contributed by atoms with E-state index in [1.165, 1.54) is 6.08 Å². The van der Waals surface area contributed by atoms with Crippen molar-refractivity contribution >= 4 is 23.5 Å². The number of carbonyl (C=O) groups excluding carboxylic acids is 1. The predicted molar refractivity (Wildman–Crippen MR) is 98.2 cm³/mol. The number of halogens is 1. The molecular formula is C20H21ClO3. The molecule has 0 aromatic heterocycles. The van der Waals surface area contributed by atoms with Gasteiger partial charge < -0.3 is 9.47 Å². The molecule has 0 spiro atoms. The van der Waals surface area contributed by atoms with E-state index in [4.69, 9.17) is 21.1 Å². The lowest BCUT2D eigenvalue weighted by atomic mass is 10.1. The van der Waals surface area contributed by atoms with E-state index >= 15 is 0 Å². The molecule has 2 aromatic rings. The maximum absolute atomic E-state index is 12.1. The second kappa shape index (κ2) is 9.14. The third kappa shape index (κ3) is 5.14. The molecule has 2 rings (SSSR count). The maximum atomic E-state index is 12.1. The summed E-state index contributed by atoms with van der Waals surface area (Å²) in [6.45, 7) is 2.78. The van der Waals surface area contributed by atoms with Crippen molar-refractivity contribution in [3.05, 3.63) is 64.7 Å². The number of hydrogen-bond acceptors (Lipinski definition) is 3. The van der Waals surface area contributed by atoms with Gasteiger partial charge in [-0.2, -0.15) is 0 Å². The first-order valence-corrected chi connectivity index (χ1v) is 8.30. The van der Waals surface area contributed by atoms with Crippen LogP contribution in [0.4, 0.5) is 0 Å². The Morgan fingerprint density at radius 3 is 2.54 bits per heavy atom. The van der Waals surface area contributed by atoms with Gasteiger partial charge in [0.1, 0.15) is 0 Å². The first kappa shape index (κ1) is 18.1. The van der Waals surface area contributed by atoms with Gasteiger partial charge in [0, 0.05) is 10.6 Å². The Kier molecular flexibility index (Phi) is 6.89. The molecule has 24 heavy (non-hydrogen) atoms. The fourth-order valence-corrected chi connectivity index (χ4v) is 2.24. The van der Waals surface area contributed by atoms with E-state index in [9.17, 15) is 4.79 Å². The van der Waals surface area contributed by atoms with Crippen LogP contribution < -0.4 is 9.47 Å². The van der Waals surface area contributed by atoms with E-state index < -0.39 is 0 Å². The Morgan fingerprint density at radius 2 is 1.88 bits per heavy atom. The van der Waals surface area contributed by atoms with Gasteiger partial charge in [-0.3, -0.25) is 4.79 Å². The second-order valence-corrected chi connectivity index (χ2v) is 5.75. The molecule has 0 fully saturated rings. The fourth-order valence-electron chi connectivity index (χ4n) is 2.12. The Balaban J connectivity index is 2.08. The van der Waals surface area contributed by atoms with E-state index in [1.54, 1.807) is 37.5 Å². The number of carbonyl (C=O) groups is 1. The van der Waals surface area contributed by atoms with Gasteiger partial charge >= 0.3 is 0 Å². The lowest BCUT2D eigenvalue weighted by Gasteiger charge is -2.10. The van der Waals surface area contributed by atoms with E-state index in [2.05, 4.69) is 6.92 Å². The number of ketones is 1. The smallest absolute Gasteiger partial charge is 0.185 e.